The zero-order valence-corrected chi connectivity index (χ0v) is 13.6. The summed E-state index contributed by atoms with van der Waals surface area (Å²) in [4.78, 5) is 13.7. The van der Waals surface area contributed by atoms with Gasteiger partial charge < -0.3 is 4.90 Å². The third-order valence-corrected chi connectivity index (χ3v) is 2.86. The molecule has 0 aliphatic carbocycles. The summed E-state index contributed by atoms with van der Waals surface area (Å²) in [5, 5.41) is 0. The van der Waals surface area contributed by atoms with Crippen LogP contribution in [0.5, 0.6) is 0 Å². The summed E-state index contributed by atoms with van der Waals surface area (Å²) >= 11 is 0. The van der Waals surface area contributed by atoms with Crippen LogP contribution in [0, 0.1) is 12.3 Å². The number of amides is 1. The molecule has 1 aromatic rings. The van der Waals surface area contributed by atoms with Crippen LogP contribution in [0.3, 0.4) is 0 Å². The lowest BCUT2D eigenvalue weighted by Gasteiger charge is -2.19. The van der Waals surface area contributed by atoms with Crippen LogP contribution in [0.15, 0.2) is 24.3 Å². The fourth-order valence-electron chi connectivity index (χ4n) is 2.04. The van der Waals surface area contributed by atoms with Crippen LogP contribution < -0.4 is 4.90 Å². The van der Waals surface area contributed by atoms with Crippen molar-refractivity contribution in [3.63, 3.8) is 0 Å². The maximum atomic E-state index is 11.8. The van der Waals surface area contributed by atoms with E-state index >= 15 is 0 Å². The first-order chi connectivity index (χ1) is 8.98. The van der Waals surface area contributed by atoms with Gasteiger partial charge in [0.1, 0.15) is 0 Å². The van der Waals surface area contributed by atoms with E-state index in [9.17, 15) is 4.79 Å². The average Bonchev–Trinajstić information content (AvgIpc) is 2.69. The molecule has 2 nitrogen and oxygen atoms in total. The van der Waals surface area contributed by atoms with Crippen LogP contribution in [0.1, 0.15) is 53.5 Å². The maximum Gasteiger partial charge on any atom is 0.227 e. The lowest BCUT2D eigenvalue weighted by molar-refractivity contribution is -0.117. The third-order valence-electron chi connectivity index (χ3n) is 2.86. The molecule has 0 radical (unpaired) electrons. The predicted octanol–water partition coefficient (Wildman–Crippen LogP) is 4.81. The second-order valence-corrected chi connectivity index (χ2v) is 5.16. The normalized spacial score (nSPS) is 16.2. The fraction of sp³-hybridized carbons (Fsp3) is 0.588. The number of benzene rings is 1. The highest BCUT2D eigenvalue weighted by atomic mass is 16.2. The zero-order chi connectivity index (χ0) is 15.1. The van der Waals surface area contributed by atoms with Gasteiger partial charge in [-0.15, -0.1) is 0 Å². The van der Waals surface area contributed by atoms with Gasteiger partial charge in [0.2, 0.25) is 5.91 Å². The summed E-state index contributed by atoms with van der Waals surface area (Å²) in [6, 6.07) is 8.14. The van der Waals surface area contributed by atoms with E-state index in [0.29, 0.717) is 6.42 Å². The molecule has 0 N–H and O–H groups in total. The largest absolute Gasteiger partial charge is 0.312 e. The van der Waals surface area contributed by atoms with E-state index in [0.717, 1.165) is 12.2 Å². The standard InChI is InChI=1S/C13H17NO.2C2H6/c1-10-4-6-11(7-5-10)14-9-13(2,3)8-12(14)15;2*1-2/h4-7H,8-9H2,1-3H3;2*1-2H3. The molecule has 1 aliphatic rings. The smallest absolute Gasteiger partial charge is 0.227 e. The molecule has 0 atom stereocenters. The molecule has 2 rings (SSSR count). The van der Waals surface area contributed by atoms with Gasteiger partial charge >= 0.3 is 0 Å². The number of rotatable bonds is 1. The molecule has 0 aromatic heterocycles. The molecule has 1 heterocycles. The topological polar surface area (TPSA) is 20.3 Å². The van der Waals surface area contributed by atoms with E-state index in [4.69, 9.17) is 0 Å². The molecule has 19 heavy (non-hydrogen) atoms. The fourth-order valence-corrected chi connectivity index (χ4v) is 2.04. The van der Waals surface area contributed by atoms with E-state index in [1.165, 1.54) is 5.56 Å². The Balaban J connectivity index is 0.000000741. The maximum absolute atomic E-state index is 11.8. The number of hydrogen-bond donors (Lipinski definition) is 0. The van der Waals surface area contributed by atoms with Gasteiger partial charge in [0.15, 0.2) is 0 Å². The molecule has 0 saturated carbocycles. The van der Waals surface area contributed by atoms with Gasteiger partial charge in [-0.25, -0.2) is 0 Å². The molecule has 0 spiro atoms. The average molecular weight is 263 g/mol. The Bertz CT molecular complexity index is 379. The van der Waals surface area contributed by atoms with Gasteiger partial charge in [-0.3, -0.25) is 4.79 Å². The van der Waals surface area contributed by atoms with Crippen molar-refractivity contribution in [2.45, 2.75) is 54.9 Å². The molecule has 0 bridgehead atoms. The molecular formula is C17H29NO. The van der Waals surface area contributed by atoms with Gasteiger partial charge in [-0.1, -0.05) is 59.2 Å². The Hall–Kier alpha value is -1.31. The summed E-state index contributed by atoms with van der Waals surface area (Å²) in [6.45, 7) is 15.2. The first-order valence-corrected chi connectivity index (χ1v) is 7.35. The van der Waals surface area contributed by atoms with Crippen molar-refractivity contribution in [1.29, 1.82) is 0 Å². The predicted molar refractivity (Wildman–Crippen MR) is 84.6 cm³/mol. The molecule has 1 saturated heterocycles. The number of hydrogen-bond acceptors (Lipinski definition) is 1. The van der Waals surface area contributed by atoms with Crippen molar-refractivity contribution in [1.82, 2.24) is 0 Å². The lowest BCUT2D eigenvalue weighted by atomic mass is 9.93. The molecule has 2 heteroatoms. The number of anilines is 1. The van der Waals surface area contributed by atoms with Crippen LogP contribution in [0.2, 0.25) is 0 Å². The Morgan fingerprint density at radius 3 is 1.84 bits per heavy atom. The van der Waals surface area contributed by atoms with Crippen LogP contribution >= 0.6 is 0 Å². The Labute approximate surface area is 118 Å². The highest BCUT2D eigenvalue weighted by Gasteiger charge is 2.36. The summed E-state index contributed by atoms with van der Waals surface area (Å²) < 4.78 is 0. The van der Waals surface area contributed by atoms with E-state index in [2.05, 4.69) is 20.8 Å². The summed E-state index contributed by atoms with van der Waals surface area (Å²) in [5.74, 6) is 0.240. The van der Waals surface area contributed by atoms with Gasteiger partial charge in [0.25, 0.3) is 0 Å². The molecular weight excluding hydrogens is 234 g/mol. The SMILES string of the molecule is CC.CC.Cc1ccc(N2CC(C)(C)CC2=O)cc1. The first-order valence-electron chi connectivity index (χ1n) is 7.35. The molecule has 0 unspecified atom stereocenters. The lowest BCUT2D eigenvalue weighted by Crippen LogP contribution is -2.25. The second kappa shape index (κ2) is 7.98. The number of aryl methyl sites for hydroxylation is 1. The van der Waals surface area contributed by atoms with Crippen molar-refractivity contribution in [3.8, 4) is 0 Å². The van der Waals surface area contributed by atoms with E-state index in [-0.39, 0.29) is 11.3 Å². The minimum Gasteiger partial charge on any atom is -0.312 e. The second-order valence-electron chi connectivity index (χ2n) is 5.16. The molecule has 1 aromatic carbocycles. The minimum atomic E-state index is 0.113. The van der Waals surface area contributed by atoms with Crippen molar-refractivity contribution >= 4 is 11.6 Å². The minimum absolute atomic E-state index is 0.113. The number of carbonyl (C=O) groups excluding carboxylic acids is 1. The van der Waals surface area contributed by atoms with Crippen molar-refractivity contribution in [2.75, 3.05) is 11.4 Å². The van der Waals surface area contributed by atoms with Crippen LogP contribution in [0.25, 0.3) is 0 Å². The van der Waals surface area contributed by atoms with Crippen molar-refractivity contribution in [3.05, 3.63) is 29.8 Å². The zero-order valence-electron chi connectivity index (χ0n) is 13.6. The van der Waals surface area contributed by atoms with Crippen LogP contribution in [-0.2, 0) is 4.79 Å². The summed E-state index contributed by atoms with van der Waals surface area (Å²) in [7, 11) is 0. The van der Waals surface area contributed by atoms with Gasteiger partial charge in [-0.05, 0) is 24.5 Å². The molecule has 1 aliphatic heterocycles. The van der Waals surface area contributed by atoms with Gasteiger partial charge in [0.05, 0.1) is 0 Å². The van der Waals surface area contributed by atoms with E-state index in [1.54, 1.807) is 0 Å². The summed E-state index contributed by atoms with van der Waals surface area (Å²) in [5.41, 5.74) is 2.36. The number of nitrogens with zero attached hydrogens (tertiary/aromatic N) is 1. The van der Waals surface area contributed by atoms with E-state index in [1.807, 2.05) is 56.9 Å². The van der Waals surface area contributed by atoms with Crippen LogP contribution in [-0.4, -0.2) is 12.5 Å². The van der Waals surface area contributed by atoms with Crippen molar-refractivity contribution in [2.24, 2.45) is 5.41 Å². The van der Waals surface area contributed by atoms with E-state index < -0.39 is 0 Å². The third kappa shape index (κ3) is 5.06. The highest BCUT2D eigenvalue weighted by molar-refractivity contribution is 5.96. The Morgan fingerprint density at radius 2 is 1.47 bits per heavy atom. The monoisotopic (exact) mass is 263 g/mol. The quantitative estimate of drug-likeness (QED) is 0.712. The van der Waals surface area contributed by atoms with Gasteiger partial charge in [-0.2, -0.15) is 0 Å². The molecule has 108 valence electrons. The Kier molecular flexibility index (Phi) is 7.43. The summed E-state index contributed by atoms with van der Waals surface area (Å²) in [6.07, 6.45) is 0.654. The molecule has 1 amide bonds. The van der Waals surface area contributed by atoms with Crippen molar-refractivity contribution < 1.29 is 4.79 Å². The van der Waals surface area contributed by atoms with Crippen LogP contribution in [0.4, 0.5) is 5.69 Å². The van der Waals surface area contributed by atoms with Gasteiger partial charge in [0, 0.05) is 18.7 Å². The highest BCUT2D eigenvalue weighted by Crippen LogP contribution is 2.33. The molecule has 1 fully saturated rings. The Morgan fingerprint density at radius 1 is 1.00 bits per heavy atom. The first kappa shape index (κ1) is 17.7. The number of carbonyl (C=O) groups is 1.